The average Bonchev–Trinajstić information content (AvgIpc) is 2.58. The molecule has 0 saturated carbocycles. The second kappa shape index (κ2) is 9.23. The lowest BCUT2D eigenvalue weighted by Gasteiger charge is -1.97. The van der Waals surface area contributed by atoms with Crippen LogP contribution in [0.3, 0.4) is 0 Å². The van der Waals surface area contributed by atoms with Crippen molar-refractivity contribution in [2.24, 2.45) is 0 Å². The maximum Gasteiger partial charge on any atom is 0.163 e. The van der Waals surface area contributed by atoms with Crippen molar-refractivity contribution in [3.8, 4) is 11.5 Å². The zero-order chi connectivity index (χ0) is 18.1. The molecular weight excluding hydrogens is 316 g/mol. The highest BCUT2D eigenvalue weighted by Gasteiger charge is 2.03. The highest BCUT2D eigenvalue weighted by atomic mass is 16.3. The Hall–Kier alpha value is -3.14. The standard InChI is InChI=1S/C21H20O4/c22-18-11-7-16(8-12-18)3-1-5-20(24)15-21(25)6-2-4-17-9-13-19(23)14-10-17/h1-2,5-14,22-23H,3-4,15H2/b5-1+,6-2+. The molecule has 0 aliphatic heterocycles. The zero-order valence-corrected chi connectivity index (χ0v) is 13.8. The number of phenolic OH excluding ortho intramolecular Hbond substituents is 2. The van der Waals surface area contributed by atoms with Crippen molar-refractivity contribution >= 4 is 11.6 Å². The van der Waals surface area contributed by atoms with E-state index in [0.29, 0.717) is 12.8 Å². The zero-order valence-electron chi connectivity index (χ0n) is 13.8. The van der Waals surface area contributed by atoms with Crippen molar-refractivity contribution in [1.29, 1.82) is 0 Å². The van der Waals surface area contributed by atoms with E-state index in [1.54, 1.807) is 60.7 Å². The topological polar surface area (TPSA) is 74.6 Å². The van der Waals surface area contributed by atoms with Crippen LogP contribution in [0.2, 0.25) is 0 Å². The fourth-order valence-corrected chi connectivity index (χ4v) is 2.21. The molecule has 0 bridgehead atoms. The minimum absolute atomic E-state index is 0.155. The number of benzene rings is 2. The predicted molar refractivity (Wildman–Crippen MR) is 96.5 cm³/mol. The largest absolute Gasteiger partial charge is 0.508 e. The van der Waals surface area contributed by atoms with Crippen LogP contribution >= 0.6 is 0 Å². The van der Waals surface area contributed by atoms with Crippen molar-refractivity contribution in [3.63, 3.8) is 0 Å². The first-order chi connectivity index (χ1) is 12.0. The van der Waals surface area contributed by atoms with Gasteiger partial charge in [0.05, 0.1) is 6.42 Å². The van der Waals surface area contributed by atoms with Gasteiger partial charge in [-0.05, 0) is 60.4 Å². The molecule has 4 heteroatoms. The van der Waals surface area contributed by atoms with E-state index in [0.717, 1.165) is 11.1 Å². The van der Waals surface area contributed by atoms with Gasteiger partial charge in [-0.2, -0.15) is 0 Å². The molecule has 25 heavy (non-hydrogen) atoms. The molecule has 0 aliphatic rings. The Balaban J connectivity index is 1.74. The third-order valence-electron chi connectivity index (χ3n) is 3.54. The summed E-state index contributed by atoms with van der Waals surface area (Å²) in [5, 5.41) is 18.4. The van der Waals surface area contributed by atoms with Gasteiger partial charge in [0.15, 0.2) is 11.6 Å². The Labute approximate surface area is 146 Å². The first-order valence-electron chi connectivity index (χ1n) is 7.97. The maximum absolute atomic E-state index is 11.8. The van der Waals surface area contributed by atoms with E-state index in [2.05, 4.69) is 0 Å². The van der Waals surface area contributed by atoms with Gasteiger partial charge in [0, 0.05) is 0 Å². The second-order valence-electron chi connectivity index (χ2n) is 5.66. The molecule has 0 atom stereocenters. The molecule has 2 rings (SSSR count). The summed E-state index contributed by atoms with van der Waals surface area (Å²) < 4.78 is 0. The normalized spacial score (nSPS) is 11.2. The van der Waals surface area contributed by atoms with Crippen LogP contribution in [-0.4, -0.2) is 21.8 Å². The maximum atomic E-state index is 11.8. The smallest absolute Gasteiger partial charge is 0.163 e. The van der Waals surface area contributed by atoms with Gasteiger partial charge in [-0.3, -0.25) is 9.59 Å². The number of hydrogen-bond acceptors (Lipinski definition) is 4. The Bertz CT molecular complexity index is 701. The Morgan fingerprint density at radius 1 is 0.680 bits per heavy atom. The molecule has 2 aromatic carbocycles. The Morgan fingerprint density at radius 3 is 1.40 bits per heavy atom. The number of carbonyl (C=O) groups is 2. The summed E-state index contributed by atoms with van der Waals surface area (Å²) in [4.78, 5) is 23.5. The van der Waals surface area contributed by atoms with Crippen molar-refractivity contribution in [1.82, 2.24) is 0 Å². The van der Waals surface area contributed by atoms with Crippen LogP contribution in [0, 0.1) is 0 Å². The number of hydrogen-bond donors (Lipinski definition) is 2. The molecule has 0 aromatic heterocycles. The summed E-state index contributed by atoms with van der Waals surface area (Å²) in [6, 6.07) is 13.5. The van der Waals surface area contributed by atoms with Crippen molar-refractivity contribution in [2.75, 3.05) is 0 Å². The summed E-state index contributed by atoms with van der Waals surface area (Å²) in [6.45, 7) is 0. The first kappa shape index (κ1) is 18.2. The third kappa shape index (κ3) is 6.87. The molecule has 0 unspecified atom stereocenters. The van der Waals surface area contributed by atoms with Crippen LogP contribution in [0.1, 0.15) is 17.5 Å². The quantitative estimate of drug-likeness (QED) is 0.571. The Kier molecular flexibility index (Phi) is 6.72. The molecule has 0 saturated heterocycles. The monoisotopic (exact) mass is 336 g/mol. The summed E-state index contributed by atoms with van der Waals surface area (Å²) in [6.07, 6.45) is 7.23. The van der Waals surface area contributed by atoms with Crippen LogP contribution in [0.25, 0.3) is 0 Å². The molecule has 0 fully saturated rings. The predicted octanol–water partition coefficient (Wildman–Crippen LogP) is 3.52. The van der Waals surface area contributed by atoms with Crippen LogP contribution in [0.15, 0.2) is 72.8 Å². The molecule has 2 aromatic rings. The average molecular weight is 336 g/mol. The summed E-state index contributed by atoms with van der Waals surface area (Å²) in [5.41, 5.74) is 1.95. The minimum Gasteiger partial charge on any atom is -0.508 e. The number of phenols is 2. The molecule has 0 aliphatic carbocycles. The van der Waals surface area contributed by atoms with Crippen LogP contribution < -0.4 is 0 Å². The van der Waals surface area contributed by atoms with E-state index in [-0.39, 0.29) is 29.5 Å². The molecule has 4 nitrogen and oxygen atoms in total. The van der Waals surface area contributed by atoms with Gasteiger partial charge in [0.2, 0.25) is 0 Å². The summed E-state index contributed by atoms with van der Waals surface area (Å²) in [7, 11) is 0. The first-order valence-corrected chi connectivity index (χ1v) is 7.97. The fraction of sp³-hybridized carbons (Fsp3) is 0.143. The number of allylic oxidation sites excluding steroid dienone is 4. The van der Waals surface area contributed by atoms with Crippen molar-refractivity contribution in [2.45, 2.75) is 19.3 Å². The number of ketones is 2. The third-order valence-corrected chi connectivity index (χ3v) is 3.54. The van der Waals surface area contributed by atoms with Gasteiger partial charge in [0.25, 0.3) is 0 Å². The van der Waals surface area contributed by atoms with Gasteiger partial charge in [-0.15, -0.1) is 0 Å². The van der Waals surface area contributed by atoms with Crippen molar-refractivity contribution < 1.29 is 19.8 Å². The van der Waals surface area contributed by atoms with Crippen LogP contribution in [-0.2, 0) is 22.4 Å². The van der Waals surface area contributed by atoms with Gasteiger partial charge in [0.1, 0.15) is 11.5 Å². The highest BCUT2D eigenvalue weighted by Crippen LogP contribution is 2.11. The van der Waals surface area contributed by atoms with E-state index >= 15 is 0 Å². The molecule has 0 radical (unpaired) electrons. The molecule has 0 amide bonds. The number of aromatic hydroxyl groups is 2. The molecule has 128 valence electrons. The van der Waals surface area contributed by atoms with Gasteiger partial charge < -0.3 is 10.2 Å². The van der Waals surface area contributed by atoms with Crippen molar-refractivity contribution in [3.05, 3.63) is 84.0 Å². The highest BCUT2D eigenvalue weighted by molar-refractivity contribution is 6.08. The minimum atomic E-state index is -0.238. The fourth-order valence-electron chi connectivity index (χ4n) is 2.21. The van der Waals surface area contributed by atoms with Gasteiger partial charge >= 0.3 is 0 Å². The molecule has 2 N–H and O–H groups in total. The molecule has 0 spiro atoms. The van der Waals surface area contributed by atoms with Gasteiger partial charge in [-0.1, -0.05) is 36.4 Å². The molecular formula is C21H20O4. The van der Waals surface area contributed by atoms with E-state index in [1.165, 1.54) is 12.2 Å². The lowest BCUT2D eigenvalue weighted by atomic mass is 10.1. The number of carbonyl (C=O) groups excluding carboxylic acids is 2. The van der Waals surface area contributed by atoms with Gasteiger partial charge in [-0.25, -0.2) is 0 Å². The molecule has 0 heterocycles. The summed E-state index contributed by atoms with van der Waals surface area (Å²) in [5.74, 6) is -0.0712. The summed E-state index contributed by atoms with van der Waals surface area (Å²) >= 11 is 0. The van der Waals surface area contributed by atoms with E-state index in [9.17, 15) is 19.8 Å². The van der Waals surface area contributed by atoms with E-state index in [1.807, 2.05) is 0 Å². The SMILES string of the molecule is O=C(/C=C/Cc1ccc(O)cc1)CC(=O)/C=C/Cc1ccc(O)cc1. The van der Waals surface area contributed by atoms with Crippen LogP contribution in [0.5, 0.6) is 11.5 Å². The van der Waals surface area contributed by atoms with E-state index in [4.69, 9.17) is 0 Å². The lowest BCUT2D eigenvalue weighted by Crippen LogP contribution is -2.02. The lowest BCUT2D eigenvalue weighted by molar-refractivity contribution is -0.121. The van der Waals surface area contributed by atoms with E-state index < -0.39 is 0 Å². The second-order valence-corrected chi connectivity index (χ2v) is 5.66. The Morgan fingerprint density at radius 2 is 1.04 bits per heavy atom. The number of rotatable bonds is 8. The van der Waals surface area contributed by atoms with Crippen LogP contribution in [0.4, 0.5) is 0 Å².